The average Bonchev–Trinajstić information content (AvgIpc) is 3.57. The molecule has 0 radical (unpaired) electrons. The highest BCUT2D eigenvalue weighted by atomic mass is 19.1. The molecule has 1 fully saturated rings. The highest BCUT2D eigenvalue weighted by Gasteiger charge is 2.25. The van der Waals surface area contributed by atoms with Crippen molar-refractivity contribution < 1.29 is 13.7 Å². The van der Waals surface area contributed by atoms with E-state index in [2.05, 4.69) is 30.6 Å². The molecular formula is C24H26FN7O2. The predicted molar refractivity (Wildman–Crippen MR) is 126 cm³/mol. The summed E-state index contributed by atoms with van der Waals surface area (Å²) in [5.74, 6) is 0.166. The Morgan fingerprint density at radius 1 is 1.35 bits per heavy atom. The Balaban J connectivity index is 1.37. The van der Waals surface area contributed by atoms with Crippen molar-refractivity contribution in [2.24, 2.45) is 5.73 Å². The van der Waals surface area contributed by atoms with E-state index in [1.54, 1.807) is 18.3 Å². The summed E-state index contributed by atoms with van der Waals surface area (Å²) in [6, 6.07) is 8.52. The second-order valence-corrected chi connectivity index (χ2v) is 8.88. The van der Waals surface area contributed by atoms with Crippen LogP contribution < -0.4 is 16.0 Å². The van der Waals surface area contributed by atoms with E-state index in [0.717, 1.165) is 29.7 Å². The first kappa shape index (κ1) is 22.0. The third kappa shape index (κ3) is 4.12. The van der Waals surface area contributed by atoms with Crippen LogP contribution in [0.1, 0.15) is 48.0 Å². The first-order valence-electron chi connectivity index (χ1n) is 11.3. The van der Waals surface area contributed by atoms with Crippen molar-refractivity contribution in [3.05, 3.63) is 59.4 Å². The third-order valence-electron chi connectivity index (χ3n) is 6.11. The zero-order chi connectivity index (χ0) is 23.8. The van der Waals surface area contributed by atoms with Crippen LogP contribution in [0.4, 0.5) is 10.2 Å². The monoisotopic (exact) mass is 463 g/mol. The molecule has 176 valence electrons. The van der Waals surface area contributed by atoms with Crippen LogP contribution in [0, 0.1) is 5.82 Å². The number of halogens is 1. The number of fused-ring (bicyclic) bond motifs is 1. The number of benzene rings is 1. The predicted octanol–water partition coefficient (Wildman–Crippen LogP) is 3.34. The molecule has 1 aromatic carbocycles. The topological polar surface area (TPSA) is 126 Å². The normalized spacial score (nSPS) is 16.0. The van der Waals surface area contributed by atoms with Gasteiger partial charge in [0.25, 0.3) is 5.91 Å². The Labute approximate surface area is 195 Å². The van der Waals surface area contributed by atoms with Crippen molar-refractivity contribution in [3.8, 4) is 11.1 Å². The van der Waals surface area contributed by atoms with E-state index in [4.69, 9.17) is 10.3 Å². The van der Waals surface area contributed by atoms with Crippen LogP contribution in [-0.2, 0) is 6.54 Å². The second kappa shape index (κ2) is 8.86. The number of H-pyrrole nitrogens is 1. The van der Waals surface area contributed by atoms with Crippen LogP contribution in [0.5, 0.6) is 0 Å². The minimum absolute atomic E-state index is 0.0248. The van der Waals surface area contributed by atoms with Crippen LogP contribution in [-0.4, -0.2) is 45.4 Å². The van der Waals surface area contributed by atoms with Gasteiger partial charge in [-0.1, -0.05) is 31.1 Å². The standard InChI is InChI=1S/C24H26FN7O2/c1-13(2)19-10-20(34-31-19)24(33)28-11-15-4-3-14(9-18(15)25)17-5-7-27-22-21(17)23(30-29-22)32-8-6-16(26)12-32/h3-5,7,9-10,13,16H,6,8,11-12,26H2,1-2H3,(H,28,33)(H,27,29,30). The molecule has 9 nitrogen and oxygen atoms in total. The largest absolute Gasteiger partial charge is 0.353 e. The highest BCUT2D eigenvalue weighted by Crippen LogP contribution is 2.35. The molecule has 5 rings (SSSR count). The van der Waals surface area contributed by atoms with Crippen molar-refractivity contribution in [1.29, 1.82) is 0 Å². The van der Waals surface area contributed by atoms with Gasteiger partial charge in [0.15, 0.2) is 11.5 Å². The van der Waals surface area contributed by atoms with E-state index < -0.39 is 11.7 Å². The zero-order valence-electron chi connectivity index (χ0n) is 19.0. The molecular weight excluding hydrogens is 437 g/mol. The lowest BCUT2D eigenvalue weighted by Crippen LogP contribution is -2.26. The van der Waals surface area contributed by atoms with Crippen molar-refractivity contribution in [2.75, 3.05) is 18.0 Å². The van der Waals surface area contributed by atoms with E-state index >= 15 is 4.39 Å². The molecule has 0 aliphatic carbocycles. The molecule has 1 aliphatic heterocycles. The molecule has 1 aliphatic rings. The maximum atomic E-state index is 15.0. The molecule has 4 aromatic rings. The lowest BCUT2D eigenvalue weighted by atomic mass is 10.0. The number of pyridine rings is 1. The van der Waals surface area contributed by atoms with Gasteiger partial charge in [0.2, 0.25) is 5.76 Å². The number of anilines is 1. The van der Waals surface area contributed by atoms with Crippen LogP contribution in [0.3, 0.4) is 0 Å². The number of nitrogens with zero attached hydrogens (tertiary/aromatic N) is 4. The minimum atomic E-state index is -0.439. The SMILES string of the molecule is CC(C)c1cc(C(=O)NCc2ccc(-c3ccnc4[nH]nc(N5CCC(N)C5)c34)cc2F)on1. The van der Waals surface area contributed by atoms with Crippen molar-refractivity contribution >= 4 is 22.8 Å². The zero-order valence-corrected chi connectivity index (χ0v) is 19.0. The number of aromatic nitrogens is 4. The van der Waals surface area contributed by atoms with Gasteiger partial charge in [0.1, 0.15) is 5.82 Å². The first-order chi connectivity index (χ1) is 16.4. The number of hydrogen-bond acceptors (Lipinski definition) is 7. The molecule has 1 unspecified atom stereocenters. The van der Waals surface area contributed by atoms with E-state index in [-0.39, 0.29) is 24.3 Å². The number of nitrogens with one attached hydrogen (secondary N) is 2. The van der Waals surface area contributed by atoms with Gasteiger partial charge < -0.3 is 20.5 Å². The molecule has 1 atom stereocenters. The van der Waals surface area contributed by atoms with Crippen molar-refractivity contribution in [1.82, 2.24) is 25.7 Å². The molecule has 4 heterocycles. The quantitative estimate of drug-likeness (QED) is 0.400. The molecule has 0 bridgehead atoms. The van der Waals surface area contributed by atoms with E-state index in [0.29, 0.717) is 29.0 Å². The number of carbonyl (C=O) groups excluding carboxylic acids is 1. The van der Waals surface area contributed by atoms with Crippen molar-refractivity contribution in [2.45, 2.75) is 38.8 Å². The number of rotatable bonds is 6. The van der Waals surface area contributed by atoms with Gasteiger partial charge in [-0.3, -0.25) is 9.89 Å². The van der Waals surface area contributed by atoms with Gasteiger partial charge in [0, 0.05) is 43.5 Å². The molecule has 1 saturated heterocycles. The van der Waals surface area contributed by atoms with Crippen LogP contribution in [0.25, 0.3) is 22.2 Å². The molecule has 4 N–H and O–H groups in total. The summed E-state index contributed by atoms with van der Waals surface area (Å²) in [6.07, 6.45) is 2.57. The van der Waals surface area contributed by atoms with Gasteiger partial charge >= 0.3 is 0 Å². The third-order valence-corrected chi connectivity index (χ3v) is 6.11. The van der Waals surface area contributed by atoms with Crippen LogP contribution in [0.2, 0.25) is 0 Å². The minimum Gasteiger partial charge on any atom is -0.353 e. The second-order valence-electron chi connectivity index (χ2n) is 8.88. The summed E-state index contributed by atoms with van der Waals surface area (Å²) in [6.45, 7) is 5.47. The van der Waals surface area contributed by atoms with Gasteiger partial charge in [-0.15, -0.1) is 0 Å². The van der Waals surface area contributed by atoms with Crippen molar-refractivity contribution in [3.63, 3.8) is 0 Å². The molecule has 3 aromatic heterocycles. The molecule has 0 spiro atoms. The summed E-state index contributed by atoms with van der Waals surface area (Å²) < 4.78 is 20.1. The fraction of sp³-hybridized carbons (Fsp3) is 0.333. The molecule has 10 heteroatoms. The lowest BCUT2D eigenvalue weighted by molar-refractivity contribution is 0.0913. The number of hydrogen-bond donors (Lipinski definition) is 3. The smallest absolute Gasteiger partial charge is 0.290 e. The number of nitrogens with two attached hydrogens (primary N) is 1. The average molecular weight is 464 g/mol. The Morgan fingerprint density at radius 3 is 2.91 bits per heavy atom. The van der Waals surface area contributed by atoms with Gasteiger partial charge in [-0.05, 0) is 35.6 Å². The number of amides is 1. The lowest BCUT2D eigenvalue weighted by Gasteiger charge is -2.16. The Kier molecular flexibility index (Phi) is 5.74. The highest BCUT2D eigenvalue weighted by molar-refractivity contribution is 6.00. The fourth-order valence-electron chi connectivity index (χ4n) is 4.17. The van der Waals surface area contributed by atoms with Gasteiger partial charge in [0.05, 0.1) is 11.1 Å². The maximum Gasteiger partial charge on any atom is 0.290 e. The Bertz CT molecular complexity index is 1350. The summed E-state index contributed by atoms with van der Waals surface area (Å²) in [7, 11) is 0. The summed E-state index contributed by atoms with van der Waals surface area (Å²) >= 11 is 0. The Hall–Kier alpha value is -3.79. The summed E-state index contributed by atoms with van der Waals surface area (Å²) in [5.41, 5.74) is 9.30. The Morgan fingerprint density at radius 2 is 2.21 bits per heavy atom. The van der Waals surface area contributed by atoms with E-state index in [1.165, 1.54) is 6.07 Å². The first-order valence-corrected chi connectivity index (χ1v) is 11.3. The van der Waals surface area contributed by atoms with E-state index in [9.17, 15) is 4.79 Å². The van der Waals surface area contributed by atoms with Gasteiger partial charge in [-0.25, -0.2) is 9.37 Å². The molecule has 1 amide bonds. The van der Waals surface area contributed by atoms with Crippen LogP contribution in [0.15, 0.2) is 41.1 Å². The summed E-state index contributed by atoms with van der Waals surface area (Å²) in [5, 5.41) is 14.8. The fourth-order valence-corrected chi connectivity index (χ4v) is 4.17. The van der Waals surface area contributed by atoms with Gasteiger partial charge in [-0.2, -0.15) is 5.10 Å². The van der Waals surface area contributed by atoms with E-state index in [1.807, 2.05) is 26.0 Å². The van der Waals surface area contributed by atoms with Crippen LogP contribution >= 0.6 is 0 Å². The molecule has 0 saturated carbocycles. The number of carbonyl (C=O) groups is 1. The number of aromatic amines is 1. The summed E-state index contributed by atoms with van der Waals surface area (Å²) in [4.78, 5) is 18.9. The maximum absolute atomic E-state index is 15.0. The molecule has 34 heavy (non-hydrogen) atoms.